The van der Waals surface area contributed by atoms with Gasteiger partial charge in [-0.25, -0.2) is 4.79 Å². The van der Waals surface area contributed by atoms with E-state index in [-0.39, 0.29) is 22.2 Å². The van der Waals surface area contributed by atoms with Gasteiger partial charge in [-0.2, -0.15) is 0 Å². The number of benzene rings is 2. The average molecular weight is 389 g/mol. The van der Waals surface area contributed by atoms with Crippen molar-refractivity contribution >= 4 is 29.2 Å². The van der Waals surface area contributed by atoms with Crippen LogP contribution >= 0.6 is 11.6 Å². The predicted molar refractivity (Wildman–Crippen MR) is 98.5 cm³/mol. The molecule has 1 atom stereocenters. The second kappa shape index (κ2) is 8.18. The molecule has 1 fully saturated rings. The summed E-state index contributed by atoms with van der Waals surface area (Å²) in [7, 11) is 0. The maximum Gasteiger partial charge on any atom is 0.340 e. The minimum Gasteiger partial charge on any atom is -0.444 e. The molecule has 0 aliphatic carbocycles. The Morgan fingerprint density at radius 1 is 1.11 bits per heavy atom. The lowest BCUT2D eigenvalue weighted by Gasteiger charge is -2.23. The number of ether oxygens (including phenoxy) is 1. The standard InChI is InChI=1S/C19H17ClN2O5/c20-16-12-14(22(25)26)8-9-15(16)19(24)27-17(13-6-2-1-3-7-13)18(23)21-10-4-5-11-21/h1-3,6-9,12,17H,4-5,10-11H2/t17-/m1/s1. The zero-order chi connectivity index (χ0) is 19.4. The average Bonchev–Trinajstić information content (AvgIpc) is 3.20. The van der Waals surface area contributed by atoms with E-state index in [1.807, 2.05) is 0 Å². The molecule has 2 aromatic rings. The summed E-state index contributed by atoms with van der Waals surface area (Å²) < 4.78 is 5.49. The van der Waals surface area contributed by atoms with Crippen molar-refractivity contribution in [2.75, 3.05) is 13.1 Å². The number of carbonyl (C=O) groups excluding carboxylic acids is 2. The van der Waals surface area contributed by atoms with Crippen LogP contribution in [0.25, 0.3) is 0 Å². The number of amides is 1. The Kier molecular flexibility index (Phi) is 5.71. The summed E-state index contributed by atoms with van der Waals surface area (Å²) in [4.78, 5) is 37.3. The van der Waals surface area contributed by atoms with E-state index in [2.05, 4.69) is 0 Å². The lowest BCUT2D eigenvalue weighted by Crippen LogP contribution is -2.34. The van der Waals surface area contributed by atoms with Crippen LogP contribution in [0.1, 0.15) is 34.9 Å². The number of nitrogens with zero attached hydrogens (tertiary/aromatic N) is 2. The molecule has 0 spiro atoms. The lowest BCUT2D eigenvalue weighted by atomic mass is 10.1. The summed E-state index contributed by atoms with van der Waals surface area (Å²) in [6.45, 7) is 1.25. The van der Waals surface area contributed by atoms with Gasteiger partial charge in [0.25, 0.3) is 11.6 Å². The lowest BCUT2D eigenvalue weighted by molar-refractivity contribution is -0.384. The van der Waals surface area contributed by atoms with Crippen LogP contribution in [0.4, 0.5) is 5.69 Å². The van der Waals surface area contributed by atoms with Gasteiger partial charge < -0.3 is 9.64 Å². The van der Waals surface area contributed by atoms with Crippen LogP contribution in [-0.2, 0) is 9.53 Å². The number of non-ortho nitro benzene ring substituents is 1. The van der Waals surface area contributed by atoms with Crippen LogP contribution in [-0.4, -0.2) is 34.8 Å². The molecule has 1 saturated heterocycles. The molecule has 7 nitrogen and oxygen atoms in total. The molecule has 1 aliphatic rings. The quantitative estimate of drug-likeness (QED) is 0.442. The predicted octanol–water partition coefficient (Wildman–Crippen LogP) is 3.77. The fourth-order valence-electron chi connectivity index (χ4n) is 2.95. The van der Waals surface area contributed by atoms with E-state index >= 15 is 0 Å². The highest BCUT2D eigenvalue weighted by Gasteiger charge is 2.31. The first-order chi connectivity index (χ1) is 13.0. The highest BCUT2D eigenvalue weighted by Crippen LogP contribution is 2.27. The Morgan fingerprint density at radius 3 is 2.37 bits per heavy atom. The third kappa shape index (κ3) is 4.25. The molecular weight excluding hydrogens is 372 g/mol. The van der Waals surface area contributed by atoms with Crippen LogP contribution in [0.2, 0.25) is 5.02 Å². The van der Waals surface area contributed by atoms with Gasteiger partial charge in [0.2, 0.25) is 6.10 Å². The molecule has 1 aliphatic heterocycles. The molecule has 8 heteroatoms. The molecular formula is C19H17ClN2O5. The van der Waals surface area contributed by atoms with E-state index in [4.69, 9.17) is 16.3 Å². The summed E-state index contributed by atoms with van der Waals surface area (Å²) in [6.07, 6.45) is 0.730. The van der Waals surface area contributed by atoms with Crippen LogP contribution in [0.3, 0.4) is 0 Å². The molecule has 140 valence electrons. The first-order valence-corrected chi connectivity index (χ1v) is 8.84. The van der Waals surface area contributed by atoms with Crippen molar-refractivity contribution in [2.24, 2.45) is 0 Å². The first kappa shape index (κ1) is 18.8. The fraction of sp³-hybridized carbons (Fsp3) is 0.263. The highest BCUT2D eigenvalue weighted by atomic mass is 35.5. The Balaban J connectivity index is 1.86. The Labute approximate surface area is 160 Å². The van der Waals surface area contributed by atoms with Crippen molar-refractivity contribution < 1.29 is 19.2 Å². The molecule has 0 bridgehead atoms. The monoisotopic (exact) mass is 388 g/mol. The summed E-state index contributed by atoms with van der Waals surface area (Å²) in [5.41, 5.74) is 0.294. The van der Waals surface area contributed by atoms with Crippen molar-refractivity contribution in [3.63, 3.8) is 0 Å². The summed E-state index contributed by atoms with van der Waals surface area (Å²) >= 11 is 6.00. The van der Waals surface area contributed by atoms with Gasteiger partial charge in [-0.3, -0.25) is 14.9 Å². The molecule has 1 amide bonds. The van der Waals surface area contributed by atoms with Crippen LogP contribution in [0, 0.1) is 10.1 Å². The van der Waals surface area contributed by atoms with Crippen LogP contribution < -0.4 is 0 Å². The smallest absolute Gasteiger partial charge is 0.340 e. The first-order valence-electron chi connectivity index (χ1n) is 8.46. The van der Waals surface area contributed by atoms with Gasteiger partial charge in [-0.1, -0.05) is 41.9 Å². The SMILES string of the molecule is O=C(O[C@@H](C(=O)N1CCCC1)c1ccccc1)c1ccc([N+](=O)[O-])cc1Cl. The maximum absolute atomic E-state index is 12.9. The maximum atomic E-state index is 12.9. The van der Waals surface area contributed by atoms with Gasteiger partial charge in [0, 0.05) is 30.8 Å². The molecule has 2 aromatic carbocycles. The second-order valence-corrected chi connectivity index (χ2v) is 6.56. The third-order valence-electron chi connectivity index (χ3n) is 4.35. The molecule has 0 N–H and O–H groups in total. The number of hydrogen-bond acceptors (Lipinski definition) is 5. The highest BCUT2D eigenvalue weighted by molar-refractivity contribution is 6.33. The number of esters is 1. The zero-order valence-corrected chi connectivity index (χ0v) is 15.1. The molecule has 1 heterocycles. The number of carbonyl (C=O) groups is 2. The topological polar surface area (TPSA) is 89.8 Å². The number of halogens is 1. The van der Waals surface area contributed by atoms with Gasteiger partial charge in [-0.05, 0) is 18.9 Å². The normalized spacial score (nSPS) is 14.6. The Hall–Kier alpha value is -2.93. The summed E-state index contributed by atoms with van der Waals surface area (Å²) in [5, 5.41) is 10.7. The fourth-order valence-corrected chi connectivity index (χ4v) is 3.20. The molecule has 27 heavy (non-hydrogen) atoms. The number of nitro benzene ring substituents is 1. The number of rotatable bonds is 5. The molecule has 0 aromatic heterocycles. The number of nitro groups is 1. The minimum absolute atomic E-state index is 0.0302. The van der Waals surface area contributed by atoms with Gasteiger partial charge in [0.15, 0.2) is 0 Å². The zero-order valence-electron chi connectivity index (χ0n) is 14.3. The van der Waals surface area contributed by atoms with E-state index in [0.29, 0.717) is 18.7 Å². The molecule has 0 radical (unpaired) electrons. The van der Waals surface area contributed by atoms with E-state index in [1.165, 1.54) is 12.1 Å². The van der Waals surface area contributed by atoms with Gasteiger partial charge in [-0.15, -0.1) is 0 Å². The van der Waals surface area contributed by atoms with E-state index in [1.54, 1.807) is 35.2 Å². The Bertz CT molecular complexity index is 866. The number of likely N-dealkylation sites (tertiary alicyclic amines) is 1. The van der Waals surface area contributed by atoms with Crippen molar-refractivity contribution in [3.8, 4) is 0 Å². The van der Waals surface area contributed by atoms with Crippen molar-refractivity contribution in [1.29, 1.82) is 0 Å². The number of hydrogen-bond donors (Lipinski definition) is 0. The molecule has 0 saturated carbocycles. The van der Waals surface area contributed by atoms with E-state index < -0.39 is 17.0 Å². The van der Waals surface area contributed by atoms with Crippen molar-refractivity contribution in [2.45, 2.75) is 18.9 Å². The molecule has 0 unspecified atom stereocenters. The van der Waals surface area contributed by atoms with E-state index in [0.717, 1.165) is 18.9 Å². The summed E-state index contributed by atoms with van der Waals surface area (Å²) in [5.74, 6) is -1.10. The largest absolute Gasteiger partial charge is 0.444 e. The van der Waals surface area contributed by atoms with E-state index in [9.17, 15) is 19.7 Å². The minimum atomic E-state index is -1.09. The summed E-state index contributed by atoms with van der Waals surface area (Å²) in [6, 6.07) is 12.2. The molecule has 3 rings (SSSR count). The van der Waals surface area contributed by atoms with Gasteiger partial charge in [0.1, 0.15) is 0 Å². The second-order valence-electron chi connectivity index (χ2n) is 6.15. The van der Waals surface area contributed by atoms with Crippen LogP contribution in [0.5, 0.6) is 0 Å². The third-order valence-corrected chi connectivity index (χ3v) is 4.67. The Morgan fingerprint density at radius 2 is 1.78 bits per heavy atom. The van der Waals surface area contributed by atoms with Crippen LogP contribution in [0.15, 0.2) is 48.5 Å². The van der Waals surface area contributed by atoms with Gasteiger partial charge >= 0.3 is 5.97 Å². The van der Waals surface area contributed by atoms with Crippen molar-refractivity contribution in [1.82, 2.24) is 4.90 Å². The van der Waals surface area contributed by atoms with Gasteiger partial charge in [0.05, 0.1) is 15.5 Å². The van der Waals surface area contributed by atoms with Crippen molar-refractivity contribution in [3.05, 3.63) is 74.8 Å².